The molecule has 2 unspecified atom stereocenters. The number of hydrogen-bond donors (Lipinski definition) is 0. The van der Waals surface area contributed by atoms with Gasteiger partial charge in [0.15, 0.2) is 5.52 Å². The van der Waals surface area contributed by atoms with Crippen LogP contribution in [0.15, 0.2) is 36.4 Å². The van der Waals surface area contributed by atoms with Crippen LogP contribution >= 0.6 is 8.58 Å². The molecule has 0 heterocycles. The Labute approximate surface area is 184 Å². The molecule has 0 fully saturated rings. The zero-order valence-electron chi connectivity index (χ0n) is 18.4. The van der Waals surface area contributed by atoms with E-state index in [1.807, 2.05) is 38.1 Å². The quantitative estimate of drug-likeness (QED) is 0.368. The van der Waals surface area contributed by atoms with Crippen LogP contribution < -0.4 is 10.0 Å². The molecule has 0 aromatic heterocycles. The fourth-order valence-electron chi connectivity index (χ4n) is 3.34. The summed E-state index contributed by atoms with van der Waals surface area (Å²) in [5, 5.41) is 1.10. The maximum atomic E-state index is 12.8. The first-order chi connectivity index (χ1) is 13.0. The van der Waals surface area contributed by atoms with E-state index in [0.29, 0.717) is 5.92 Å². The Morgan fingerprint density at radius 2 is 1.71 bits per heavy atom. The van der Waals surface area contributed by atoms with Crippen molar-refractivity contribution in [1.29, 1.82) is 0 Å². The van der Waals surface area contributed by atoms with Gasteiger partial charge in [0.1, 0.15) is 5.75 Å². The van der Waals surface area contributed by atoms with E-state index in [-0.39, 0.29) is 33.0 Å². The molecule has 2 aromatic carbocycles. The number of carbonyl (C=O) groups is 1. The average Bonchev–Trinajstić information content (AvgIpc) is 2.64. The molecule has 2 rings (SSSR count). The molecule has 2 atom stereocenters. The number of benzene rings is 2. The molecule has 0 aliphatic carbocycles. The molecular formula is C24H33LiO2P. The number of unbranched alkanes of at least 4 members (excludes halogenated alkanes) is 1. The van der Waals surface area contributed by atoms with Crippen LogP contribution in [0.2, 0.25) is 0 Å². The van der Waals surface area contributed by atoms with Crippen LogP contribution in [0.1, 0.15) is 66.6 Å². The van der Waals surface area contributed by atoms with Crippen molar-refractivity contribution in [3.05, 3.63) is 58.7 Å². The number of carbonyl (C=O) groups excluding carboxylic acids is 1. The van der Waals surface area contributed by atoms with E-state index in [9.17, 15) is 4.79 Å². The third-order valence-electron chi connectivity index (χ3n) is 5.18. The molecule has 0 saturated heterocycles. The first kappa shape index (κ1) is 25.0. The minimum absolute atomic E-state index is 0. The first-order valence-electron chi connectivity index (χ1n) is 10.1. The summed E-state index contributed by atoms with van der Waals surface area (Å²) >= 11 is 0. The number of ether oxygens (including phenoxy) is 1. The van der Waals surface area contributed by atoms with Crippen molar-refractivity contribution in [2.45, 2.75) is 60.3 Å². The summed E-state index contributed by atoms with van der Waals surface area (Å²) in [5.74, 6) is 1.54. The van der Waals surface area contributed by atoms with E-state index in [0.717, 1.165) is 46.3 Å². The fraction of sp³-hybridized carbons (Fsp3) is 0.458. The van der Waals surface area contributed by atoms with Crippen LogP contribution in [-0.4, -0.2) is 31.0 Å². The van der Waals surface area contributed by atoms with Gasteiger partial charge < -0.3 is 4.74 Å². The van der Waals surface area contributed by atoms with Gasteiger partial charge in [-0.3, -0.25) is 4.79 Å². The maximum absolute atomic E-state index is 12.8. The van der Waals surface area contributed by atoms with Gasteiger partial charge in [0, 0.05) is 24.4 Å². The molecule has 0 N–H and O–H groups in total. The van der Waals surface area contributed by atoms with Gasteiger partial charge in [-0.15, -0.1) is 0 Å². The Bertz CT molecular complexity index is 753. The molecule has 2 aromatic rings. The zero-order chi connectivity index (χ0) is 19.8. The van der Waals surface area contributed by atoms with Gasteiger partial charge in [-0.25, -0.2) is 0 Å². The normalized spacial score (nSPS) is 12.0. The predicted molar refractivity (Wildman–Crippen MR) is 124 cm³/mol. The van der Waals surface area contributed by atoms with Crippen molar-refractivity contribution in [2.75, 3.05) is 6.61 Å². The molecule has 147 valence electrons. The SMILES string of the molecule is CCCCC(CC)COc1ccc(PC(=O)c2c(C)cccc2C)c(C)c1.[Li]. The van der Waals surface area contributed by atoms with Gasteiger partial charge in [0.25, 0.3) is 0 Å². The number of hydrogen-bond acceptors (Lipinski definition) is 2. The molecule has 0 spiro atoms. The van der Waals surface area contributed by atoms with Gasteiger partial charge in [-0.05, 0) is 75.8 Å². The first-order valence-corrected chi connectivity index (χ1v) is 11.1. The Hall–Kier alpha value is -1.06. The summed E-state index contributed by atoms with van der Waals surface area (Å²) in [6, 6.07) is 12.2. The van der Waals surface area contributed by atoms with Gasteiger partial charge in [0.2, 0.25) is 0 Å². The van der Waals surface area contributed by atoms with Crippen molar-refractivity contribution in [1.82, 2.24) is 0 Å². The second-order valence-corrected chi connectivity index (χ2v) is 8.67. The Kier molecular flexibility index (Phi) is 11.1. The monoisotopic (exact) mass is 391 g/mol. The summed E-state index contributed by atoms with van der Waals surface area (Å²) in [4.78, 5) is 12.8. The molecule has 0 saturated carbocycles. The number of aryl methyl sites for hydroxylation is 3. The molecule has 2 nitrogen and oxygen atoms in total. The molecule has 0 aliphatic heterocycles. The maximum Gasteiger partial charge on any atom is 0.186 e. The van der Waals surface area contributed by atoms with E-state index < -0.39 is 0 Å². The van der Waals surface area contributed by atoms with Crippen molar-refractivity contribution in [3.63, 3.8) is 0 Å². The minimum atomic E-state index is 0. The Morgan fingerprint density at radius 3 is 2.29 bits per heavy atom. The standard InChI is InChI=1S/C24H33O2P.Li/c1-6-8-12-20(7-2)16-26-21-13-14-22(19(5)15-21)27-24(25)23-17(3)10-9-11-18(23)4;/h9-11,13-15,20,27H,6-8,12,16H2,1-5H3;. The van der Waals surface area contributed by atoms with Crippen LogP contribution in [0.25, 0.3) is 0 Å². The molecule has 0 bridgehead atoms. The smallest absolute Gasteiger partial charge is 0.186 e. The largest absolute Gasteiger partial charge is 0.493 e. The molecule has 4 heteroatoms. The van der Waals surface area contributed by atoms with Crippen LogP contribution in [0, 0.1) is 26.7 Å². The summed E-state index contributed by atoms with van der Waals surface area (Å²) in [6.07, 6.45) is 4.89. The van der Waals surface area contributed by atoms with Crippen LogP contribution in [0.4, 0.5) is 0 Å². The van der Waals surface area contributed by atoms with Gasteiger partial charge in [0.05, 0.1) is 6.61 Å². The molecular weight excluding hydrogens is 358 g/mol. The molecule has 28 heavy (non-hydrogen) atoms. The van der Waals surface area contributed by atoms with Crippen molar-refractivity contribution in [3.8, 4) is 5.75 Å². The predicted octanol–water partition coefficient (Wildman–Crippen LogP) is 5.97. The van der Waals surface area contributed by atoms with Crippen molar-refractivity contribution >= 4 is 38.3 Å². The van der Waals surface area contributed by atoms with E-state index in [1.54, 1.807) is 0 Å². The molecule has 0 amide bonds. The van der Waals surface area contributed by atoms with Gasteiger partial charge in [-0.1, -0.05) is 57.4 Å². The van der Waals surface area contributed by atoms with E-state index in [1.165, 1.54) is 19.3 Å². The van der Waals surface area contributed by atoms with Crippen LogP contribution in [0.5, 0.6) is 5.75 Å². The second-order valence-electron chi connectivity index (χ2n) is 7.43. The number of rotatable bonds is 10. The zero-order valence-corrected chi connectivity index (χ0v) is 19.4. The topological polar surface area (TPSA) is 26.3 Å². The summed E-state index contributed by atoms with van der Waals surface area (Å²) in [5.41, 5.74) is 4.34. The van der Waals surface area contributed by atoms with Crippen molar-refractivity contribution < 1.29 is 9.53 Å². The van der Waals surface area contributed by atoms with E-state index in [4.69, 9.17) is 4.74 Å². The summed E-state index contributed by atoms with van der Waals surface area (Å²) in [6.45, 7) is 11.3. The third-order valence-corrected chi connectivity index (χ3v) is 6.49. The van der Waals surface area contributed by atoms with E-state index in [2.05, 4.69) is 32.9 Å². The molecule has 0 aliphatic rings. The second kappa shape index (κ2) is 12.5. The summed E-state index contributed by atoms with van der Waals surface area (Å²) < 4.78 is 6.04. The van der Waals surface area contributed by atoms with Crippen LogP contribution in [-0.2, 0) is 0 Å². The minimum Gasteiger partial charge on any atom is -0.493 e. The Morgan fingerprint density at radius 1 is 1.04 bits per heavy atom. The third kappa shape index (κ3) is 7.08. The van der Waals surface area contributed by atoms with E-state index >= 15 is 0 Å². The van der Waals surface area contributed by atoms with Gasteiger partial charge >= 0.3 is 0 Å². The van der Waals surface area contributed by atoms with Crippen LogP contribution in [0.3, 0.4) is 0 Å². The summed E-state index contributed by atoms with van der Waals surface area (Å²) in [7, 11) is 0.147. The van der Waals surface area contributed by atoms with Crippen molar-refractivity contribution in [2.24, 2.45) is 5.92 Å². The van der Waals surface area contributed by atoms with Gasteiger partial charge in [-0.2, -0.15) is 0 Å². The molecule has 1 radical (unpaired) electrons. The average molecular weight is 391 g/mol. The Balaban J connectivity index is 0.00000392. The fourth-order valence-corrected chi connectivity index (χ4v) is 4.54.